The van der Waals surface area contributed by atoms with Gasteiger partial charge in [0.2, 0.25) is 0 Å². The van der Waals surface area contributed by atoms with Gasteiger partial charge in [-0.1, -0.05) is 37.3 Å². The summed E-state index contributed by atoms with van der Waals surface area (Å²) in [6.45, 7) is 2.53. The number of amides is 3. The Bertz CT molecular complexity index is 1180. The number of nitrogens with one attached hydrogen (secondary N) is 4. The second-order valence-electron chi connectivity index (χ2n) is 8.05. The van der Waals surface area contributed by atoms with Crippen molar-refractivity contribution in [1.82, 2.24) is 20.4 Å². The molecule has 2 aromatic carbocycles. The topological polar surface area (TPSA) is 126 Å². The van der Waals surface area contributed by atoms with Crippen LogP contribution in [0, 0.1) is 11.3 Å². The molecule has 9 nitrogen and oxygen atoms in total. The van der Waals surface area contributed by atoms with Crippen LogP contribution in [0.3, 0.4) is 0 Å². The fourth-order valence-electron chi connectivity index (χ4n) is 3.81. The van der Waals surface area contributed by atoms with Crippen molar-refractivity contribution >= 4 is 29.1 Å². The number of benzene rings is 2. The minimum atomic E-state index is -0.810. The third-order valence-corrected chi connectivity index (χ3v) is 5.58. The summed E-state index contributed by atoms with van der Waals surface area (Å²) in [6.07, 6.45) is 2.47. The number of hydrogen-bond donors (Lipinski definition) is 4. The van der Waals surface area contributed by atoms with Gasteiger partial charge in [-0.3, -0.25) is 9.89 Å². The number of rotatable bonds is 7. The maximum absolute atomic E-state index is 13.0. The molecule has 3 aromatic rings. The van der Waals surface area contributed by atoms with Gasteiger partial charge in [0.1, 0.15) is 5.56 Å². The van der Waals surface area contributed by atoms with Gasteiger partial charge in [-0.2, -0.15) is 10.4 Å². The molecule has 2 heterocycles. The summed E-state index contributed by atoms with van der Waals surface area (Å²) in [7, 11) is 0. The molecule has 168 valence electrons. The number of carbonyl (C=O) groups is 2. The third-order valence-electron chi connectivity index (χ3n) is 5.58. The molecule has 0 aliphatic carbocycles. The molecule has 0 saturated carbocycles. The van der Waals surface area contributed by atoms with E-state index < -0.39 is 5.54 Å². The number of hydrogen-bond acceptors (Lipinski definition) is 5. The predicted octanol–water partition coefficient (Wildman–Crippen LogP) is 3.65. The van der Waals surface area contributed by atoms with Crippen molar-refractivity contribution in [2.75, 3.05) is 23.7 Å². The van der Waals surface area contributed by atoms with Gasteiger partial charge in [0.05, 0.1) is 18.0 Å². The minimum Gasteiger partial charge on any atom is -0.342 e. The largest absolute Gasteiger partial charge is 0.342 e. The Morgan fingerprint density at radius 3 is 2.64 bits per heavy atom. The average molecular weight is 444 g/mol. The summed E-state index contributed by atoms with van der Waals surface area (Å²) in [6, 6.07) is 18.9. The van der Waals surface area contributed by atoms with E-state index in [-0.39, 0.29) is 31.4 Å². The van der Waals surface area contributed by atoms with E-state index in [1.807, 2.05) is 54.6 Å². The summed E-state index contributed by atoms with van der Waals surface area (Å²) in [5, 5.41) is 25.1. The zero-order valence-corrected chi connectivity index (χ0v) is 18.3. The first-order valence-corrected chi connectivity index (χ1v) is 10.7. The Kier molecular flexibility index (Phi) is 6.26. The number of urea groups is 1. The van der Waals surface area contributed by atoms with Crippen LogP contribution in [0.2, 0.25) is 0 Å². The summed E-state index contributed by atoms with van der Waals surface area (Å²) in [4.78, 5) is 27.2. The number of aryl methyl sites for hydroxylation is 1. The predicted molar refractivity (Wildman–Crippen MR) is 125 cm³/mol. The molecule has 4 N–H and O–H groups in total. The van der Waals surface area contributed by atoms with Crippen LogP contribution in [0.5, 0.6) is 0 Å². The summed E-state index contributed by atoms with van der Waals surface area (Å²) >= 11 is 0. The van der Waals surface area contributed by atoms with Crippen LogP contribution in [0.25, 0.3) is 0 Å². The Labute approximate surface area is 191 Å². The number of H-pyrrole nitrogens is 1. The highest BCUT2D eigenvalue weighted by Gasteiger charge is 2.46. The van der Waals surface area contributed by atoms with Crippen LogP contribution in [0.15, 0.2) is 60.8 Å². The van der Waals surface area contributed by atoms with Gasteiger partial charge in [-0.15, -0.1) is 0 Å². The van der Waals surface area contributed by atoms with E-state index in [1.54, 1.807) is 4.90 Å². The first-order valence-electron chi connectivity index (χ1n) is 10.7. The second-order valence-corrected chi connectivity index (χ2v) is 8.05. The fraction of sp³-hybridized carbons (Fsp3) is 0.250. The van der Waals surface area contributed by atoms with Crippen molar-refractivity contribution < 1.29 is 9.59 Å². The van der Waals surface area contributed by atoms with Crippen molar-refractivity contribution in [1.29, 1.82) is 5.26 Å². The molecule has 0 atom stereocenters. The van der Waals surface area contributed by atoms with Crippen LogP contribution in [0.1, 0.15) is 29.3 Å². The standard InChI is InChI=1S/C24H25N7O2/c1-2-17-7-6-10-19(13-17)28-23(33)31-15-24(16-31,11-12-25)29-22(32)20-14-26-30-21(20)27-18-8-4-3-5-9-18/h3-10,13-14H,2,11,15-16H2,1H3,(H,28,33)(H,29,32)(H2,26,27,30). The highest BCUT2D eigenvalue weighted by atomic mass is 16.2. The van der Waals surface area contributed by atoms with E-state index >= 15 is 0 Å². The van der Waals surface area contributed by atoms with Gasteiger partial charge >= 0.3 is 6.03 Å². The highest BCUT2D eigenvalue weighted by Crippen LogP contribution is 2.27. The lowest BCUT2D eigenvalue weighted by Crippen LogP contribution is -2.71. The van der Waals surface area contributed by atoms with Gasteiger partial charge in [0.15, 0.2) is 5.82 Å². The van der Waals surface area contributed by atoms with E-state index in [1.165, 1.54) is 6.20 Å². The molecule has 4 rings (SSSR count). The Balaban J connectivity index is 1.40. The van der Waals surface area contributed by atoms with Gasteiger partial charge in [-0.05, 0) is 36.2 Å². The number of para-hydroxylation sites is 1. The van der Waals surface area contributed by atoms with Crippen molar-refractivity contribution in [3.63, 3.8) is 0 Å². The van der Waals surface area contributed by atoms with Crippen LogP contribution >= 0.6 is 0 Å². The molecule has 1 aliphatic rings. The zero-order valence-electron chi connectivity index (χ0n) is 18.3. The van der Waals surface area contributed by atoms with Crippen molar-refractivity contribution in [2.24, 2.45) is 0 Å². The molecule has 9 heteroatoms. The lowest BCUT2D eigenvalue weighted by molar-refractivity contribution is 0.0609. The zero-order chi connectivity index (χ0) is 23.3. The lowest BCUT2D eigenvalue weighted by atomic mass is 9.86. The maximum Gasteiger partial charge on any atom is 0.322 e. The van der Waals surface area contributed by atoms with Gasteiger partial charge < -0.3 is 20.9 Å². The second kappa shape index (κ2) is 9.44. The first kappa shape index (κ1) is 21.9. The van der Waals surface area contributed by atoms with E-state index in [0.717, 1.165) is 23.4 Å². The maximum atomic E-state index is 13.0. The Hall–Kier alpha value is -4.32. The van der Waals surface area contributed by atoms with Crippen molar-refractivity contribution in [2.45, 2.75) is 25.3 Å². The number of nitrogens with zero attached hydrogens (tertiary/aromatic N) is 3. The molecular weight excluding hydrogens is 418 g/mol. The molecule has 1 aliphatic heterocycles. The van der Waals surface area contributed by atoms with E-state index in [2.05, 4.69) is 39.1 Å². The van der Waals surface area contributed by atoms with E-state index in [4.69, 9.17) is 0 Å². The summed E-state index contributed by atoms with van der Waals surface area (Å²) < 4.78 is 0. The smallest absolute Gasteiger partial charge is 0.322 e. The molecule has 0 bridgehead atoms. The molecule has 0 radical (unpaired) electrons. The third kappa shape index (κ3) is 4.96. The van der Waals surface area contributed by atoms with Gasteiger partial charge in [0.25, 0.3) is 5.91 Å². The van der Waals surface area contributed by atoms with Crippen LogP contribution in [-0.2, 0) is 6.42 Å². The van der Waals surface area contributed by atoms with Crippen LogP contribution in [-0.4, -0.2) is 45.7 Å². The molecule has 0 unspecified atom stereocenters. The average Bonchev–Trinajstić information content (AvgIpc) is 3.26. The van der Waals surface area contributed by atoms with Crippen molar-refractivity contribution in [3.05, 3.63) is 71.9 Å². The molecule has 3 amide bonds. The SMILES string of the molecule is CCc1cccc(NC(=O)N2CC(CC#N)(NC(=O)c3c[nH]nc3Nc3ccccc3)C2)c1. The van der Waals surface area contributed by atoms with Gasteiger partial charge in [0, 0.05) is 30.7 Å². The quantitative estimate of drug-likeness (QED) is 0.443. The molecular formula is C24H25N7O2. The van der Waals surface area contributed by atoms with E-state index in [9.17, 15) is 14.9 Å². The minimum absolute atomic E-state index is 0.0904. The van der Waals surface area contributed by atoms with E-state index in [0.29, 0.717) is 11.4 Å². The van der Waals surface area contributed by atoms with Crippen molar-refractivity contribution in [3.8, 4) is 6.07 Å². The summed E-state index contributed by atoms with van der Waals surface area (Å²) in [5.74, 6) is 0.0173. The van der Waals surface area contributed by atoms with Gasteiger partial charge in [-0.25, -0.2) is 4.79 Å². The monoisotopic (exact) mass is 443 g/mol. The molecule has 0 spiro atoms. The number of aromatic amines is 1. The van der Waals surface area contributed by atoms with Crippen LogP contribution in [0.4, 0.5) is 22.0 Å². The number of anilines is 3. The highest BCUT2D eigenvalue weighted by molar-refractivity contribution is 6.00. The number of carbonyl (C=O) groups excluding carboxylic acids is 2. The molecule has 1 saturated heterocycles. The fourth-order valence-corrected chi connectivity index (χ4v) is 3.81. The normalized spacial score (nSPS) is 14.0. The van der Waals surface area contributed by atoms with Crippen LogP contribution < -0.4 is 16.0 Å². The number of aromatic nitrogens is 2. The number of likely N-dealkylation sites (tertiary alicyclic amines) is 1. The molecule has 1 fully saturated rings. The number of nitriles is 1. The summed E-state index contributed by atoms with van der Waals surface area (Å²) in [5.41, 5.74) is 2.16. The molecule has 1 aromatic heterocycles. The lowest BCUT2D eigenvalue weighted by Gasteiger charge is -2.49. The first-order chi connectivity index (χ1) is 16.0. The molecule has 33 heavy (non-hydrogen) atoms. The Morgan fingerprint density at radius 2 is 1.91 bits per heavy atom. The Morgan fingerprint density at radius 1 is 1.15 bits per heavy atom.